The van der Waals surface area contributed by atoms with Crippen molar-refractivity contribution in [2.24, 2.45) is 0 Å². The maximum Gasteiger partial charge on any atom is 0.378 e. The molecule has 0 amide bonds. The van der Waals surface area contributed by atoms with Gasteiger partial charge in [0.15, 0.2) is 0 Å². The summed E-state index contributed by atoms with van der Waals surface area (Å²) in [5.41, 5.74) is 2.03. The first kappa shape index (κ1) is 11.3. The van der Waals surface area contributed by atoms with E-state index in [0.29, 0.717) is 6.61 Å². The van der Waals surface area contributed by atoms with Crippen LogP contribution >= 0.6 is 0 Å². The van der Waals surface area contributed by atoms with E-state index in [4.69, 9.17) is 4.74 Å². The Morgan fingerprint density at radius 2 is 2.06 bits per heavy atom. The lowest BCUT2D eigenvalue weighted by Crippen LogP contribution is -2.07. The van der Waals surface area contributed by atoms with E-state index in [1.807, 2.05) is 31.2 Å². The van der Waals surface area contributed by atoms with Crippen LogP contribution in [0.25, 0.3) is 5.69 Å². The largest absolute Gasteiger partial charge is 0.460 e. The van der Waals surface area contributed by atoms with Gasteiger partial charge in [-0.15, -0.1) is 5.10 Å². The highest BCUT2D eigenvalue weighted by atomic mass is 16.5. The molecule has 2 rings (SSSR count). The average molecular weight is 231 g/mol. The van der Waals surface area contributed by atoms with Crippen LogP contribution in [0.5, 0.6) is 0 Å². The number of aryl methyl sites for hydroxylation is 1. The number of esters is 1. The first-order valence-corrected chi connectivity index (χ1v) is 5.36. The number of rotatable bonds is 3. The van der Waals surface area contributed by atoms with Gasteiger partial charge in [-0.2, -0.15) is 0 Å². The second-order valence-electron chi connectivity index (χ2n) is 3.57. The molecule has 0 spiro atoms. The molecule has 0 radical (unpaired) electrons. The number of carbonyl (C=O) groups is 1. The first-order chi connectivity index (χ1) is 8.20. The highest BCUT2D eigenvalue weighted by molar-refractivity contribution is 5.84. The SMILES string of the molecule is CCOC(=O)c1ncn(-c2ccc(C)cc2)n1. The molecule has 0 saturated carbocycles. The number of nitrogens with zero attached hydrogens (tertiary/aromatic N) is 3. The van der Waals surface area contributed by atoms with Crippen molar-refractivity contribution in [3.8, 4) is 5.69 Å². The Kier molecular flexibility index (Phi) is 3.18. The molecular weight excluding hydrogens is 218 g/mol. The van der Waals surface area contributed by atoms with Crippen LogP contribution < -0.4 is 0 Å². The average Bonchev–Trinajstić information content (AvgIpc) is 2.80. The standard InChI is InChI=1S/C12H13N3O2/c1-3-17-12(16)11-13-8-15(14-11)10-6-4-9(2)5-7-10/h4-8H,3H2,1-2H3. The van der Waals surface area contributed by atoms with Crippen LogP contribution in [0.2, 0.25) is 0 Å². The highest BCUT2D eigenvalue weighted by Crippen LogP contribution is 2.08. The van der Waals surface area contributed by atoms with Gasteiger partial charge in [-0.1, -0.05) is 17.7 Å². The molecule has 0 aliphatic heterocycles. The molecule has 0 fully saturated rings. The van der Waals surface area contributed by atoms with Crippen LogP contribution in [0.4, 0.5) is 0 Å². The van der Waals surface area contributed by atoms with Crippen molar-refractivity contribution < 1.29 is 9.53 Å². The van der Waals surface area contributed by atoms with Crippen molar-refractivity contribution in [2.45, 2.75) is 13.8 Å². The van der Waals surface area contributed by atoms with Crippen LogP contribution in [0.15, 0.2) is 30.6 Å². The molecule has 0 N–H and O–H groups in total. The van der Waals surface area contributed by atoms with Gasteiger partial charge in [0, 0.05) is 0 Å². The molecule has 0 aliphatic carbocycles. The van der Waals surface area contributed by atoms with Crippen molar-refractivity contribution in [1.29, 1.82) is 0 Å². The number of benzene rings is 1. The Bertz CT molecular complexity index is 517. The molecular formula is C12H13N3O2. The summed E-state index contributed by atoms with van der Waals surface area (Å²) >= 11 is 0. The minimum atomic E-state index is -0.502. The fourth-order valence-electron chi connectivity index (χ4n) is 1.37. The summed E-state index contributed by atoms with van der Waals surface area (Å²) in [7, 11) is 0. The van der Waals surface area contributed by atoms with E-state index in [2.05, 4.69) is 10.1 Å². The molecule has 88 valence electrons. The summed E-state index contributed by atoms with van der Waals surface area (Å²) < 4.78 is 6.37. The van der Waals surface area contributed by atoms with E-state index < -0.39 is 5.97 Å². The maximum absolute atomic E-state index is 11.4. The summed E-state index contributed by atoms with van der Waals surface area (Å²) in [4.78, 5) is 15.3. The van der Waals surface area contributed by atoms with Crippen LogP contribution in [-0.2, 0) is 4.74 Å². The Balaban J connectivity index is 2.23. The number of hydrogen-bond acceptors (Lipinski definition) is 4. The third-order valence-corrected chi connectivity index (χ3v) is 2.25. The number of hydrogen-bond donors (Lipinski definition) is 0. The molecule has 2 aromatic rings. The summed E-state index contributed by atoms with van der Waals surface area (Å²) in [5, 5.41) is 4.06. The predicted molar refractivity (Wildman–Crippen MR) is 62.1 cm³/mol. The van der Waals surface area contributed by atoms with Gasteiger partial charge in [-0.05, 0) is 26.0 Å². The fraction of sp³-hybridized carbons (Fsp3) is 0.250. The number of aromatic nitrogens is 3. The van der Waals surface area contributed by atoms with Crippen molar-refractivity contribution in [1.82, 2.24) is 14.8 Å². The van der Waals surface area contributed by atoms with Crippen molar-refractivity contribution in [2.75, 3.05) is 6.61 Å². The number of carbonyl (C=O) groups excluding carboxylic acids is 1. The highest BCUT2D eigenvalue weighted by Gasteiger charge is 2.12. The lowest BCUT2D eigenvalue weighted by atomic mass is 10.2. The minimum Gasteiger partial charge on any atom is -0.460 e. The van der Waals surface area contributed by atoms with Gasteiger partial charge >= 0.3 is 5.97 Å². The van der Waals surface area contributed by atoms with Crippen LogP contribution in [0.1, 0.15) is 23.1 Å². The molecule has 1 aromatic carbocycles. The number of ether oxygens (including phenoxy) is 1. The third-order valence-electron chi connectivity index (χ3n) is 2.25. The van der Waals surface area contributed by atoms with Gasteiger partial charge in [0.25, 0.3) is 5.82 Å². The van der Waals surface area contributed by atoms with Crippen molar-refractivity contribution >= 4 is 5.97 Å². The molecule has 0 atom stereocenters. The molecule has 0 unspecified atom stereocenters. The second kappa shape index (κ2) is 4.78. The van der Waals surface area contributed by atoms with Crippen LogP contribution in [0.3, 0.4) is 0 Å². The quantitative estimate of drug-likeness (QED) is 0.755. The van der Waals surface area contributed by atoms with E-state index in [0.717, 1.165) is 5.69 Å². The Morgan fingerprint density at radius 3 is 2.71 bits per heavy atom. The molecule has 5 heteroatoms. The van der Waals surface area contributed by atoms with Gasteiger partial charge in [0.1, 0.15) is 6.33 Å². The summed E-state index contributed by atoms with van der Waals surface area (Å²) in [6, 6.07) is 7.78. The summed E-state index contributed by atoms with van der Waals surface area (Å²) in [6.07, 6.45) is 1.50. The molecule has 0 saturated heterocycles. The van der Waals surface area contributed by atoms with Gasteiger partial charge < -0.3 is 4.74 Å². The van der Waals surface area contributed by atoms with Gasteiger partial charge in [-0.3, -0.25) is 0 Å². The lowest BCUT2D eigenvalue weighted by Gasteiger charge is -2.00. The van der Waals surface area contributed by atoms with E-state index in [-0.39, 0.29) is 5.82 Å². The van der Waals surface area contributed by atoms with Gasteiger partial charge in [0.2, 0.25) is 0 Å². The Hall–Kier alpha value is -2.17. The normalized spacial score (nSPS) is 10.2. The topological polar surface area (TPSA) is 57.0 Å². The Morgan fingerprint density at radius 1 is 1.35 bits per heavy atom. The molecule has 0 bridgehead atoms. The van der Waals surface area contributed by atoms with Gasteiger partial charge in [0.05, 0.1) is 12.3 Å². The zero-order valence-corrected chi connectivity index (χ0v) is 9.75. The Labute approximate surface area is 99.1 Å². The first-order valence-electron chi connectivity index (χ1n) is 5.36. The fourth-order valence-corrected chi connectivity index (χ4v) is 1.37. The van der Waals surface area contributed by atoms with E-state index >= 15 is 0 Å². The van der Waals surface area contributed by atoms with Crippen molar-refractivity contribution in [3.05, 3.63) is 42.0 Å². The lowest BCUT2D eigenvalue weighted by molar-refractivity contribution is 0.0512. The van der Waals surface area contributed by atoms with Crippen molar-refractivity contribution in [3.63, 3.8) is 0 Å². The van der Waals surface area contributed by atoms with E-state index in [1.165, 1.54) is 11.9 Å². The monoisotopic (exact) mass is 231 g/mol. The second-order valence-corrected chi connectivity index (χ2v) is 3.57. The van der Waals surface area contributed by atoms with E-state index in [9.17, 15) is 4.79 Å². The minimum absolute atomic E-state index is 0.0763. The summed E-state index contributed by atoms with van der Waals surface area (Å²) in [6.45, 7) is 4.07. The molecule has 1 aromatic heterocycles. The zero-order valence-electron chi connectivity index (χ0n) is 9.75. The zero-order chi connectivity index (χ0) is 12.3. The molecule has 0 aliphatic rings. The summed E-state index contributed by atoms with van der Waals surface area (Å²) in [5.74, 6) is -0.425. The molecule has 17 heavy (non-hydrogen) atoms. The predicted octanol–water partition coefficient (Wildman–Crippen LogP) is 1.75. The van der Waals surface area contributed by atoms with Crippen LogP contribution in [0, 0.1) is 6.92 Å². The van der Waals surface area contributed by atoms with E-state index in [1.54, 1.807) is 11.6 Å². The third kappa shape index (κ3) is 2.50. The molecule has 1 heterocycles. The van der Waals surface area contributed by atoms with Crippen LogP contribution in [-0.4, -0.2) is 27.3 Å². The van der Waals surface area contributed by atoms with Gasteiger partial charge in [-0.25, -0.2) is 14.5 Å². The smallest absolute Gasteiger partial charge is 0.378 e. The molecule has 5 nitrogen and oxygen atoms in total. The maximum atomic E-state index is 11.4.